The molecule has 1 amide bonds. The van der Waals surface area contributed by atoms with E-state index < -0.39 is 5.97 Å². The molecule has 1 aliphatic rings. The van der Waals surface area contributed by atoms with E-state index in [1.54, 1.807) is 13.8 Å². The number of aryl methyl sites for hydroxylation is 2. The van der Waals surface area contributed by atoms with Gasteiger partial charge in [0, 0.05) is 23.7 Å². The molecule has 0 aromatic carbocycles. The first kappa shape index (κ1) is 15.2. The number of aromatic nitrogens is 2. The van der Waals surface area contributed by atoms with Crippen LogP contribution in [0.5, 0.6) is 0 Å². The van der Waals surface area contributed by atoms with Gasteiger partial charge in [0.05, 0.1) is 0 Å². The van der Waals surface area contributed by atoms with Crippen molar-refractivity contribution in [3.8, 4) is 0 Å². The second-order valence-electron chi connectivity index (χ2n) is 5.36. The number of hydrogen-bond acceptors (Lipinski definition) is 4. The smallest absolute Gasteiger partial charge is 0.323 e. The van der Waals surface area contributed by atoms with E-state index >= 15 is 0 Å². The van der Waals surface area contributed by atoms with Crippen molar-refractivity contribution in [2.24, 2.45) is 0 Å². The average molecular weight is 293 g/mol. The lowest BCUT2D eigenvalue weighted by molar-refractivity contribution is -0.144. The van der Waals surface area contributed by atoms with Gasteiger partial charge in [-0.2, -0.15) is 0 Å². The zero-order valence-electron chi connectivity index (χ0n) is 12.2. The van der Waals surface area contributed by atoms with Crippen LogP contribution >= 0.6 is 0 Å². The third kappa shape index (κ3) is 3.90. The molecule has 0 bridgehead atoms. The van der Waals surface area contributed by atoms with Gasteiger partial charge in [-0.25, -0.2) is 4.98 Å². The molecule has 1 saturated carbocycles. The van der Waals surface area contributed by atoms with Gasteiger partial charge in [0.1, 0.15) is 12.4 Å². The number of nitrogens with one attached hydrogen (secondary N) is 1. The summed E-state index contributed by atoms with van der Waals surface area (Å²) in [5.74, 6) is -0.696. The molecule has 0 unspecified atom stereocenters. The third-order valence-electron chi connectivity index (χ3n) is 3.54. The van der Waals surface area contributed by atoms with E-state index in [-0.39, 0.29) is 36.9 Å². The SMILES string of the molecule is Cc1nc(C)c(CCC(=O)N(CC(=O)O)C2CC2)c(=O)[nH]1. The summed E-state index contributed by atoms with van der Waals surface area (Å²) in [7, 11) is 0. The Bertz CT molecular complexity index is 619. The maximum atomic E-state index is 12.2. The number of H-pyrrole nitrogens is 1. The van der Waals surface area contributed by atoms with Gasteiger partial charge < -0.3 is 15.0 Å². The van der Waals surface area contributed by atoms with Crippen LogP contribution in [-0.4, -0.2) is 44.4 Å². The van der Waals surface area contributed by atoms with Crippen LogP contribution in [0.2, 0.25) is 0 Å². The molecule has 0 radical (unpaired) electrons. The van der Waals surface area contributed by atoms with Gasteiger partial charge in [-0.15, -0.1) is 0 Å². The zero-order valence-corrected chi connectivity index (χ0v) is 12.2. The Labute approximate surface area is 122 Å². The highest BCUT2D eigenvalue weighted by atomic mass is 16.4. The number of nitrogens with zero attached hydrogens (tertiary/aromatic N) is 2. The van der Waals surface area contributed by atoms with Crippen molar-refractivity contribution in [3.63, 3.8) is 0 Å². The van der Waals surface area contributed by atoms with Crippen molar-refractivity contribution in [2.75, 3.05) is 6.54 Å². The van der Waals surface area contributed by atoms with Crippen LogP contribution in [-0.2, 0) is 16.0 Å². The van der Waals surface area contributed by atoms with Crippen LogP contribution < -0.4 is 5.56 Å². The Kier molecular flexibility index (Phi) is 4.40. The molecule has 1 aliphatic carbocycles. The molecule has 1 heterocycles. The predicted molar refractivity (Wildman–Crippen MR) is 75.0 cm³/mol. The Morgan fingerprint density at radius 2 is 2.05 bits per heavy atom. The van der Waals surface area contributed by atoms with Gasteiger partial charge in [0.15, 0.2) is 0 Å². The lowest BCUT2D eigenvalue weighted by Crippen LogP contribution is -2.37. The van der Waals surface area contributed by atoms with E-state index in [1.165, 1.54) is 4.90 Å². The summed E-state index contributed by atoms with van der Waals surface area (Å²) < 4.78 is 0. The largest absolute Gasteiger partial charge is 0.480 e. The van der Waals surface area contributed by atoms with Crippen molar-refractivity contribution < 1.29 is 14.7 Å². The van der Waals surface area contributed by atoms with Crippen molar-refractivity contribution >= 4 is 11.9 Å². The molecule has 2 N–H and O–H groups in total. The Morgan fingerprint density at radius 3 is 2.57 bits per heavy atom. The summed E-state index contributed by atoms with van der Waals surface area (Å²) >= 11 is 0. The van der Waals surface area contributed by atoms with E-state index in [1.807, 2.05) is 0 Å². The van der Waals surface area contributed by atoms with Crippen molar-refractivity contribution in [3.05, 3.63) is 27.4 Å². The fourth-order valence-electron chi connectivity index (χ4n) is 2.37. The topological polar surface area (TPSA) is 103 Å². The van der Waals surface area contributed by atoms with Crippen LogP contribution in [0.3, 0.4) is 0 Å². The number of rotatable bonds is 6. The number of carbonyl (C=O) groups excluding carboxylic acids is 1. The Morgan fingerprint density at radius 1 is 1.38 bits per heavy atom. The van der Waals surface area contributed by atoms with E-state index in [2.05, 4.69) is 9.97 Å². The maximum absolute atomic E-state index is 12.2. The summed E-state index contributed by atoms with van der Waals surface area (Å²) in [6, 6.07) is 0.0455. The predicted octanol–water partition coefficient (Wildman–Crippen LogP) is 0.395. The zero-order chi connectivity index (χ0) is 15.6. The lowest BCUT2D eigenvalue weighted by Gasteiger charge is -2.20. The molecule has 1 aromatic heterocycles. The molecule has 0 spiro atoms. The molecule has 21 heavy (non-hydrogen) atoms. The first-order valence-electron chi connectivity index (χ1n) is 6.96. The third-order valence-corrected chi connectivity index (χ3v) is 3.54. The molecule has 7 nitrogen and oxygen atoms in total. The molecule has 1 aromatic rings. The normalized spacial score (nSPS) is 14.0. The highest BCUT2D eigenvalue weighted by Gasteiger charge is 2.33. The first-order chi connectivity index (χ1) is 9.88. The molecule has 0 saturated heterocycles. The van der Waals surface area contributed by atoms with E-state index in [0.29, 0.717) is 17.1 Å². The van der Waals surface area contributed by atoms with Gasteiger partial charge >= 0.3 is 5.97 Å². The maximum Gasteiger partial charge on any atom is 0.323 e. The minimum atomic E-state index is -1.01. The summed E-state index contributed by atoms with van der Waals surface area (Å²) in [5.41, 5.74) is 0.865. The van der Waals surface area contributed by atoms with E-state index in [9.17, 15) is 14.4 Å². The standard InChI is InChI=1S/C14H19N3O4/c1-8-11(14(21)16-9(2)15-8)5-6-12(18)17(7-13(19)20)10-3-4-10/h10H,3-7H2,1-2H3,(H,19,20)(H,15,16,21). The minimum absolute atomic E-state index is 0.0455. The molecule has 1 fully saturated rings. The summed E-state index contributed by atoms with van der Waals surface area (Å²) in [6.07, 6.45) is 2.10. The number of carbonyl (C=O) groups is 2. The van der Waals surface area contributed by atoms with Crippen LogP contribution in [0.4, 0.5) is 0 Å². The second-order valence-corrected chi connectivity index (χ2v) is 5.36. The highest BCUT2D eigenvalue weighted by molar-refractivity contribution is 5.82. The number of hydrogen-bond donors (Lipinski definition) is 2. The fourth-order valence-corrected chi connectivity index (χ4v) is 2.37. The number of carboxylic acids is 1. The summed E-state index contributed by atoms with van der Waals surface area (Å²) in [6.45, 7) is 3.16. The van der Waals surface area contributed by atoms with Crippen molar-refractivity contribution in [2.45, 2.75) is 45.6 Å². The second kappa shape index (κ2) is 6.07. The van der Waals surface area contributed by atoms with Crippen LogP contribution in [0.15, 0.2) is 4.79 Å². The molecule has 7 heteroatoms. The van der Waals surface area contributed by atoms with Gasteiger partial charge in [-0.1, -0.05) is 0 Å². The summed E-state index contributed by atoms with van der Waals surface area (Å²) in [5, 5.41) is 8.85. The Hall–Kier alpha value is -2.18. The highest BCUT2D eigenvalue weighted by Crippen LogP contribution is 2.27. The van der Waals surface area contributed by atoms with E-state index in [4.69, 9.17) is 5.11 Å². The fraction of sp³-hybridized carbons (Fsp3) is 0.571. The molecule has 114 valence electrons. The molecule has 0 atom stereocenters. The first-order valence-corrected chi connectivity index (χ1v) is 6.96. The van der Waals surface area contributed by atoms with Gasteiger partial charge in [-0.3, -0.25) is 14.4 Å². The molecular formula is C14H19N3O4. The number of aromatic amines is 1. The van der Waals surface area contributed by atoms with E-state index in [0.717, 1.165) is 12.8 Å². The van der Waals surface area contributed by atoms with Gasteiger partial charge in [0.25, 0.3) is 5.56 Å². The lowest BCUT2D eigenvalue weighted by atomic mass is 10.1. The monoisotopic (exact) mass is 293 g/mol. The van der Waals surface area contributed by atoms with Crippen LogP contribution in [0, 0.1) is 13.8 Å². The van der Waals surface area contributed by atoms with Crippen LogP contribution in [0.25, 0.3) is 0 Å². The molecule has 0 aliphatic heterocycles. The minimum Gasteiger partial charge on any atom is -0.480 e. The molecular weight excluding hydrogens is 274 g/mol. The van der Waals surface area contributed by atoms with Gasteiger partial charge in [0.2, 0.25) is 5.91 Å². The summed E-state index contributed by atoms with van der Waals surface area (Å²) in [4.78, 5) is 43.0. The number of aliphatic carboxylic acids is 1. The van der Waals surface area contributed by atoms with Crippen molar-refractivity contribution in [1.82, 2.24) is 14.9 Å². The van der Waals surface area contributed by atoms with Crippen LogP contribution in [0.1, 0.15) is 36.3 Å². The average Bonchev–Trinajstić information content (AvgIpc) is 3.18. The number of amides is 1. The number of carboxylic acid groups (broad SMARTS) is 1. The molecule has 2 rings (SSSR count). The quantitative estimate of drug-likeness (QED) is 0.790. The van der Waals surface area contributed by atoms with Crippen molar-refractivity contribution in [1.29, 1.82) is 0 Å². The Balaban J connectivity index is 2.03. The van der Waals surface area contributed by atoms with Gasteiger partial charge in [-0.05, 0) is 33.1 Å².